The molecule has 4 rings (SSSR count). The van der Waals surface area contributed by atoms with Crippen LogP contribution in [0.15, 0.2) is 42.6 Å². The van der Waals surface area contributed by atoms with Gasteiger partial charge in [0.1, 0.15) is 5.75 Å². The van der Waals surface area contributed by atoms with Crippen LogP contribution in [-0.2, 0) is 9.59 Å². The van der Waals surface area contributed by atoms with E-state index in [1.54, 1.807) is 13.2 Å². The van der Waals surface area contributed by atoms with E-state index in [1.165, 1.54) is 0 Å². The van der Waals surface area contributed by atoms with Crippen LogP contribution in [0.25, 0.3) is 10.9 Å². The summed E-state index contributed by atoms with van der Waals surface area (Å²) in [6.45, 7) is 4.01. The second kappa shape index (κ2) is 7.62. The normalized spacial score (nSPS) is 15.9. The topological polar surface area (TPSA) is 83.2 Å². The first kappa shape index (κ1) is 19.1. The second-order valence-corrected chi connectivity index (χ2v) is 7.88. The van der Waals surface area contributed by atoms with Gasteiger partial charge < -0.3 is 20.4 Å². The minimum absolute atomic E-state index is 0.0336. The number of rotatable bonds is 5. The molecular weight excluding hydrogens is 366 g/mol. The number of anilines is 2. The average molecular weight is 391 g/mol. The first-order valence-electron chi connectivity index (χ1n) is 9.84. The number of ether oxygens (including phenoxy) is 1. The Hall–Kier alpha value is -3.28. The van der Waals surface area contributed by atoms with Crippen molar-refractivity contribution >= 4 is 34.1 Å². The van der Waals surface area contributed by atoms with Crippen LogP contribution in [-0.4, -0.2) is 23.9 Å². The van der Waals surface area contributed by atoms with Crippen LogP contribution >= 0.6 is 0 Å². The Morgan fingerprint density at radius 2 is 2.07 bits per heavy atom. The number of carbonyl (C=O) groups excluding carboxylic acids is 2. The van der Waals surface area contributed by atoms with Gasteiger partial charge in [0.05, 0.1) is 12.8 Å². The lowest BCUT2D eigenvalue weighted by Crippen LogP contribution is -2.24. The summed E-state index contributed by atoms with van der Waals surface area (Å²) in [6, 6.07) is 11.8. The summed E-state index contributed by atoms with van der Waals surface area (Å²) in [5.74, 6) is 0.597. The highest BCUT2D eigenvalue weighted by molar-refractivity contribution is 5.99. The molecule has 2 heterocycles. The zero-order valence-electron chi connectivity index (χ0n) is 16.8. The van der Waals surface area contributed by atoms with E-state index in [9.17, 15) is 9.59 Å². The van der Waals surface area contributed by atoms with Gasteiger partial charge in [0, 0.05) is 47.6 Å². The Kier molecular flexibility index (Phi) is 5.01. The molecule has 1 atom stereocenters. The predicted octanol–water partition coefficient (Wildman–Crippen LogP) is 4.64. The predicted molar refractivity (Wildman–Crippen MR) is 114 cm³/mol. The van der Waals surface area contributed by atoms with Crippen LogP contribution < -0.4 is 15.4 Å². The summed E-state index contributed by atoms with van der Waals surface area (Å²) in [5.41, 5.74) is 4.44. The van der Waals surface area contributed by atoms with E-state index < -0.39 is 0 Å². The van der Waals surface area contributed by atoms with Crippen LogP contribution in [0.1, 0.15) is 43.7 Å². The quantitative estimate of drug-likeness (QED) is 0.593. The van der Waals surface area contributed by atoms with E-state index >= 15 is 0 Å². The molecule has 2 aromatic carbocycles. The average Bonchev–Trinajstić information content (AvgIpc) is 3.15. The van der Waals surface area contributed by atoms with Crippen LogP contribution in [0.3, 0.4) is 0 Å². The molecule has 1 aromatic heterocycles. The minimum Gasteiger partial charge on any atom is -0.494 e. The van der Waals surface area contributed by atoms with Crippen LogP contribution in [0.5, 0.6) is 5.75 Å². The molecule has 0 radical (unpaired) electrons. The van der Waals surface area contributed by atoms with Crippen molar-refractivity contribution in [1.82, 2.24) is 4.98 Å². The zero-order chi connectivity index (χ0) is 20.5. The third-order valence-electron chi connectivity index (χ3n) is 5.28. The van der Waals surface area contributed by atoms with Gasteiger partial charge in [-0.1, -0.05) is 26.0 Å². The number of aromatic amines is 1. The van der Waals surface area contributed by atoms with Gasteiger partial charge in [-0.25, -0.2) is 0 Å². The molecule has 0 fully saturated rings. The monoisotopic (exact) mass is 391 g/mol. The maximum absolute atomic E-state index is 12.4. The molecule has 0 aliphatic carbocycles. The third-order valence-corrected chi connectivity index (χ3v) is 5.28. The minimum atomic E-state index is -0.107. The fraction of sp³-hybridized carbons (Fsp3) is 0.304. The molecule has 2 amide bonds. The molecule has 150 valence electrons. The number of nitrogens with one attached hydrogen (secondary N) is 3. The second-order valence-electron chi connectivity index (χ2n) is 7.88. The number of H-pyrrole nitrogens is 1. The van der Waals surface area contributed by atoms with Crippen molar-refractivity contribution in [3.05, 3.63) is 53.7 Å². The maximum Gasteiger partial charge on any atom is 0.225 e. The van der Waals surface area contributed by atoms with Crippen molar-refractivity contribution in [3.8, 4) is 5.75 Å². The van der Waals surface area contributed by atoms with Crippen molar-refractivity contribution in [2.45, 2.75) is 32.6 Å². The highest BCUT2D eigenvalue weighted by Crippen LogP contribution is 2.43. The van der Waals surface area contributed by atoms with Crippen molar-refractivity contribution in [3.63, 3.8) is 0 Å². The maximum atomic E-state index is 12.4. The number of fused-ring (bicyclic) bond motifs is 2. The molecule has 0 spiro atoms. The fourth-order valence-corrected chi connectivity index (χ4v) is 4.02. The molecule has 3 N–H and O–H groups in total. The molecule has 1 aliphatic heterocycles. The fourth-order valence-electron chi connectivity index (χ4n) is 4.02. The van der Waals surface area contributed by atoms with E-state index in [4.69, 9.17) is 4.74 Å². The molecule has 6 nitrogen and oxygen atoms in total. The molecule has 0 unspecified atom stereocenters. The van der Waals surface area contributed by atoms with Gasteiger partial charge in [0.25, 0.3) is 0 Å². The largest absolute Gasteiger partial charge is 0.494 e. The first-order chi connectivity index (χ1) is 14.0. The third kappa shape index (κ3) is 3.70. The lowest BCUT2D eigenvalue weighted by molar-refractivity contribution is -0.117. The number of aromatic nitrogens is 1. The number of amides is 2. The van der Waals surface area contributed by atoms with Crippen LogP contribution in [0, 0.1) is 5.92 Å². The SMILES string of the molecule is COc1cc2c(cc1NC(=O)CC(C)C)[C@@H](c1cccc3[nH]ccc13)CC(=O)N2. The Labute approximate surface area is 169 Å². The van der Waals surface area contributed by atoms with Crippen molar-refractivity contribution in [1.29, 1.82) is 0 Å². The van der Waals surface area contributed by atoms with E-state index in [0.29, 0.717) is 24.3 Å². The molecular formula is C23H25N3O3. The van der Waals surface area contributed by atoms with Gasteiger partial charge in [-0.2, -0.15) is 0 Å². The van der Waals surface area contributed by atoms with Crippen molar-refractivity contribution in [2.24, 2.45) is 5.92 Å². The lowest BCUT2D eigenvalue weighted by Gasteiger charge is -2.28. The Balaban J connectivity index is 1.80. The Bertz CT molecular complexity index is 1080. The standard InChI is InChI=1S/C23H25N3O3/c1-13(2)9-22(27)26-20-10-17-16(11-23(28)25-19(17)12-21(20)29-3)14-5-4-6-18-15(14)7-8-24-18/h4-8,10,12-13,16,24H,9,11H2,1-3H3,(H,25,28)(H,26,27)/t16-/m1/s1. The number of benzene rings is 2. The molecule has 0 saturated carbocycles. The molecule has 6 heteroatoms. The summed E-state index contributed by atoms with van der Waals surface area (Å²) in [4.78, 5) is 28.0. The van der Waals surface area contributed by atoms with Gasteiger partial charge in [0.15, 0.2) is 0 Å². The Morgan fingerprint density at radius 3 is 2.83 bits per heavy atom. The summed E-state index contributed by atoms with van der Waals surface area (Å²) in [7, 11) is 1.56. The van der Waals surface area contributed by atoms with E-state index in [1.807, 2.05) is 44.3 Å². The van der Waals surface area contributed by atoms with E-state index in [-0.39, 0.29) is 23.7 Å². The van der Waals surface area contributed by atoms with Crippen molar-refractivity contribution in [2.75, 3.05) is 17.7 Å². The van der Waals surface area contributed by atoms with Crippen LogP contribution in [0.2, 0.25) is 0 Å². The number of hydrogen-bond acceptors (Lipinski definition) is 3. The van der Waals surface area contributed by atoms with E-state index in [0.717, 1.165) is 27.7 Å². The van der Waals surface area contributed by atoms with Gasteiger partial charge in [-0.05, 0) is 35.2 Å². The smallest absolute Gasteiger partial charge is 0.225 e. The van der Waals surface area contributed by atoms with Gasteiger partial charge in [0.2, 0.25) is 11.8 Å². The molecule has 1 aliphatic rings. The highest BCUT2D eigenvalue weighted by atomic mass is 16.5. The van der Waals surface area contributed by atoms with Crippen LogP contribution in [0.4, 0.5) is 11.4 Å². The van der Waals surface area contributed by atoms with E-state index in [2.05, 4.69) is 21.7 Å². The number of methoxy groups -OCH3 is 1. The summed E-state index contributed by atoms with van der Waals surface area (Å²) in [5, 5.41) is 7.02. The van der Waals surface area contributed by atoms with Gasteiger partial charge >= 0.3 is 0 Å². The molecule has 0 saturated heterocycles. The van der Waals surface area contributed by atoms with Gasteiger partial charge in [-0.3, -0.25) is 9.59 Å². The molecule has 0 bridgehead atoms. The Morgan fingerprint density at radius 1 is 1.24 bits per heavy atom. The molecule has 29 heavy (non-hydrogen) atoms. The highest BCUT2D eigenvalue weighted by Gasteiger charge is 2.29. The number of carbonyl (C=O) groups is 2. The summed E-state index contributed by atoms with van der Waals surface area (Å²) >= 11 is 0. The number of hydrogen-bond donors (Lipinski definition) is 3. The zero-order valence-corrected chi connectivity index (χ0v) is 16.8. The summed E-state index contributed by atoms with van der Waals surface area (Å²) < 4.78 is 5.48. The first-order valence-corrected chi connectivity index (χ1v) is 9.84. The van der Waals surface area contributed by atoms with Gasteiger partial charge in [-0.15, -0.1) is 0 Å². The lowest BCUT2D eigenvalue weighted by atomic mass is 9.83. The van der Waals surface area contributed by atoms with Crippen molar-refractivity contribution < 1.29 is 14.3 Å². The molecule has 3 aromatic rings. The summed E-state index contributed by atoms with van der Waals surface area (Å²) in [6.07, 6.45) is 2.69.